The van der Waals surface area contributed by atoms with Crippen molar-refractivity contribution < 1.29 is 19.4 Å². The van der Waals surface area contributed by atoms with Gasteiger partial charge < -0.3 is 19.6 Å². The third-order valence-corrected chi connectivity index (χ3v) is 7.71. The first-order valence-corrected chi connectivity index (χ1v) is 12.4. The monoisotopic (exact) mass is 436 g/mol. The van der Waals surface area contributed by atoms with Crippen LogP contribution in [0, 0.1) is 5.92 Å². The van der Waals surface area contributed by atoms with Crippen molar-refractivity contribution in [3.8, 4) is 0 Å². The van der Waals surface area contributed by atoms with Crippen LogP contribution < -0.4 is 0 Å². The number of carboxylic acid groups (broad SMARTS) is 1. The summed E-state index contributed by atoms with van der Waals surface area (Å²) < 4.78 is 5.61. The minimum atomic E-state index is -0.738. The van der Waals surface area contributed by atoms with Gasteiger partial charge in [-0.05, 0) is 51.1 Å². The number of nitrogens with zero attached hydrogens (tertiary/aromatic N) is 4. The van der Waals surface area contributed by atoms with Gasteiger partial charge in [0.15, 0.2) is 6.23 Å². The molecule has 1 saturated carbocycles. The molecule has 3 saturated heterocycles. The molecule has 2 unspecified atom stereocenters. The van der Waals surface area contributed by atoms with Crippen LogP contribution >= 0.6 is 0 Å². The number of ether oxygens (including phenoxy) is 1. The Bertz CT molecular complexity index is 621. The Labute approximate surface area is 186 Å². The van der Waals surface area contributed by atoms with Crippen molar-refractivity contribution in [1.82, 2.24) is 19.6 Å². The molecule has 4 aliphatic rings. The number of amides is 1. The van der Waals surface area contributed by atoms with Gasteiger partial charge in [0.05, 0.1) is 13.0 Å². The molecule has 4 rings (SSSR count). The lowest BCUT2D eigenvalue weighted by Gasteiger charge is -2.43. The average Bonchev–Trinajstić information content (AvgIpc) is 3.55. The number of likely N-dealkylation sites (N-methyl/N-ethyl adjacent to an activating group) is 1. The lowest BCUT2D eigenvalue weighted by Crippen LogP contribution is -2.57. The maximum Gasteiger partial charge on any atom is 0.411 e. The molecule has 0 spiro atoms. The molecule has 1 aliphatic carbocycles. The second-order valence-electron chi connectivity index (χ2n) is 10.0. The lowest BCUT2D eigenvalue weighted by molar-refractivity contribution is -0.137. The Kier molecular flexibility index (Phi) is 7.72. The molecule has 0 bridgehead atoms. The quantitative estimate of drug-likeness (QED) is 0.527. The number of aliphatic carboxylic acids is 1. The van der Waals surface area contributed by atoms with E-state index < -0.39 is 5.97 Å². The van der Waals surface area contributed by atoms with Gasteiger partial charge in [0.2, 0.25) is 0 Å². The fourth-order valence-electron chi connectivity index (χ4n) is 5.61. The van der Waals surface area contributed by atoms with Gasteiger partial charge in [0.25, 0.3) is 0 Å². The third kappa shape index (κ3) is 6.33. The highest BCUT2D eigenvalue weighted by Crippen LogP contribution is 2.32. The number of rotatable bonds is 10. The predicted molar refractivity (Wildman–Crippen MR) is 118 cm³/mol. The van der Waals surface area contributed by atoms with E-state index in [9.17, 15) is 9.59 Å². The van der Waals surface area contributed by atoms with Crippen LogP contribution in [0.2, 0.25) is 0 Å². The molecule has 1 N–H and O–H groups in total. The summed E-state index contributed by atoms with van der Waals surface area (Å²) in [5.74, 6) is 0.145. The molecule has 3 aliphatic heterocycles. The average molecular weight is 437 g/mol. The number of carboxylic acids is 1. The molecule has 0 aromatic carbocycles. The van der Waals surface area contributed by atoms with E-state index in [1.54, 1.807) is 11.9 Å². The van der Waals surface area contributed by atoms with E-state index in [-0.39, 0.29) is 18.7 Å². The first-order valence-electron chi connectivity index (χ1n) is 12.4. The number of carbonyl (C=O) groups is 2. The normalized spacial score (nSPS) is 29.5. The van der Waals surface area contributed by atoms with Crippen LogP contribution in [0.4, 0.5) is 4.79 Å². The van der Waals surface area contributed by atoms with E-state index in [1.807, 2.05) is 0 Å². The van der Waals surface area contributed by atoms with E-state index in [4.69, 9.17) is 9.84 Å². The topological polar surface area (TPSA) is 76.6 Å². The van der Waals surface area contributed by atoms with Crippen molar-refractivity contribution in [1.29, 1.82) is 0 Å². The zero-order valence-electron chi connectivity index (χ0n) is 19.1. The number of carbonyl (C=O) groups excluding carboxylic acids is 1. The highest BCUT2D eigenvalue weighted by Gasteiger charge is 2.39. The molecule has 8 heteroatoms. The Hall–Kier alpha value is -1.38. The molecule has 2 atom stereocenters. The van der Waals surface area contributed by atoms with Gasteiger partial charge in [0.1, 0.15) is 0 Å². The maximum atomic E-state index is 11.9. The summed E-state index contributed by atoms with van der Waals surface area (Å²) in [6, 6.07) is 1.23. The van der Waals surface area contributed by atoms with Crippen LogP contribution in [0.25, 0.3) is 0 Å². The molecule has 0 radical (unpaired) electrons. The third-order valence-electron chi connectivity index (χ3n) is 7.71. The van der Waals surface area contributed by atoms with Crippen LogP contribution in [0.3, 0.4) is 0 Å². The zero-order valence-corrected chi connectivity index (χ0v) is 19.1. The van der Waals surface area contributed by atoms with Crippen molar-refractivity contribution >= 4 is 12.1 Å². The molecule has 8 nitrogen and oxygen atoms in total. The van der Waals surface area contributed by atoms with E-state index in [1.165, 1.54) is 58.0 Å². The molecular formula is C23H40N4O4. The van der Waals surface area contributed by atoms with Crippen molar-refractivity contribution in [2.45, 2.75) is 76.1 Å². The fraction of sp³-hybridized carbons (Fsp3) is 0.913. The van der Waals surface area contributed by atoms with E-state index in [0.717, 1.165) is 38.0 Å². The summed E-state index contributed by atoms with van der Waals surface area (Å²) in [6.07, 6.45) is 10.2. The van der Waals surface area contributed by atoms with Crippen molar-refractivity contribution in [2.75, 3.05) is 52.9 Å². The van der Waals surface area contributed by atoms with Gasteiger partial charge in [-0.1, -0.05) is 19.3 Å². The van der Waals surface area contributed by atoms with Crippen LogP contribution in [-0.2, 0) is 9.53 Å². The molecular weight excluding hydrogens is 396 g/mol. The molecule has 0 aromatic heterocycles. The summed E-state index contributed by atoms with van der Waals surface area (Å²) in [5.41, 5.74) is 0. The van der Waals surface area contributed by atoms with Crippen LogP contribution in [0.5, 0.6) is 0 Å². The molecule has 3 heterocycles. The van der Waals surface area contributed by atoms with Gasteiger partial charge in [-0.25, -0.2) is 4.79 Å². The smallest absolute Gasteiger partial charge is 0.411 e. The highest BCUT2D eigenvalue weighted by atomic mass is 16.6. The van der Waals surface area contributed by atoms with Crippen molar-refractivity contribution in [3.05, 3.63) is 0 Å². The number of hydrogen-bond donors (Lipinski definition) is 1. The molecule has 176 valence electrons. The number of piperidine rings is 1. The number of hydrogen-bond acceptors (Lipinski definition) is 6. The minimum absolute atomic E-state index is 0.170. The first kappa shape index (κ1) is 22.8. The second-order valence-corrected chi connectivity index (χ2v) is 10.0. The largest absolute Gasteiger partial charge is 0.481 e. The predicted octanol–water partition coefficient (Wildman–Crippen LogP) is 2.29. The van der Waals surface area contributed by atoms with Gasteiger partial charge in [-0.2, -0.15) is 0 Å². The first-order chi connectivity index (χ1) is 15.0. The summed E-state index contributed by atoms with van der Waals surface area (Å²) in [7, 11) is 1.79. The summed E-state index contributed by atoms with van der Waals surface area (Å²) in [4.78, 5) is 31.8. The summed E-state index contributed by atoms with van der Waals surface area (Å²) in [5, 5.41) is 9.04. The maximum absolute atomic E-state index is 11.9. The highest BCUT2D eigenvalue weighted by molar-refractivity contribution is 5.69. The molecule has 4 fully saturated rings. The molecule has 31 heavy (non-hydrogen) atoms. The van der Waals surface area contributed by atoms with Crippen LogP contribution in [0.15, 0.2) is 0 Å². The summed E-state index contributed by atoms with van der Waals surface area (Å²) in [6.45, 7) is 6.34. The lowest BCUT2D eigenvalue weighted by atomic mass is 9.90. The molecule has 0 aromatic rings. The second kappa shape index (κ2) is 10.5. The Balaban J connectivity index is 1.22. The number of piperazine rings is 1. The van der Waals surface area contributed by atoms with E-state index in [2.05, 4.69) is 14.7 Å². The van der Waals surface area contributed by atoms with E-state index >= 15 is 0 Å². The van der Waals surface area contributed by atoms with E-state index in [0.29, 0.717) is 19.1 Å². The number of cyclic esters (lactones) is 1. The zero-order chi connectivity index (χ0) is 21.8. The minimum Gasteiger partial charge on any atom is -0.481 e. The van der Waals surface area contributed by atoms with Gasteiger partial charge >= 0.3 is 12.1 Å². The molecule has 1 amide bonds. The van der Waals surface area contributed by atoms with Gasteiger partial charge in [0, 0.05) is 45.3 Å². The Morgan fingerprint density at radius 2 is 1.77 bits per heavy atom. The standard InChI is InChI=1S/C23H40N4O4/c1-24-17-21(31-23(24)30)27-15-14-25(11-10-22(28)29)16-20(27)5-3-2-4-18-8-12-26(13-9-18)19-6-7-19/h18-21H,2-17H2,1H3,(H,28,29). The Morgan fingerprint density at radius 3 is 2.42 bits per heavy atom. The van der Waals surface area contributed by atoms with Crippen molar-refractivity contribution in [3.63, 3.8) is 0 Å². The Morgan fingerprint density at radius 1 is 1.03 bits per heavy atom. The van der Waals surface area contributed by atoms with Gasteiger partial charge in [-0.15, -0.1) is 0 Å². The van der Waals surface area contributed by atoms with Crippen LogP contribution in [-0.4, -0.2) is 108 Å². The SMILES string of the molecule is CN1CC(N2CCN(CCC(=O)O)CC2CCCCC2CCN(C3CC3)CC2)OC1=O. The summed E-state index contributed by atoms with van der Waals surface area (Å²) >= 11 is 0. The fourth-order valence-corrected chi connectivity index (χ4v) is 5.61. The van der Waals surface area contributed by atoms with Gasteiger partial charge in [-0.3, -0.25) is 14.6 Å². The number of likely N-dealkylation sites (tertiary alicyclic amines) is 1. The van der Waals surface area contributed by atoms with Crippen LogP contribution in [0.1, 0.15) is 57.8 Å². The number of unbranched alkanes of at least 4 members (excludes halogenated alkanes) is 1. The van der Waals surface area contributed by atoms with Crippen molar-refractivity contribution in [2.24, 2.45) is 5.92 Å².